The van der Waals surface area contributed by atoms with Crippen molar-refractivity contribution < 1.29 is 19.6 Å². The summed E-state index contributed by atoms with van der Waals surface area (Å²) in [5.41, 5.74) is 1.75. The molecule has 0 bridgehead atoms. The largest absolute Gasteiger partial charge is 0.872 e. The van der Waals surface area contributed by atoms with Crippen LogP contribution >= 0.6 is 11.6 Å². The number of allylic oxidation sites excluding steroid dienone is 2. The molecule has 144 valence electrons. The van der Waals surface area contributed by atoms with E-state index in [4.69, 9.17) is 16.3 Å². The number of benzene rings is 2. The summed E-state index contributed by atoms with van der Waals surface area (Å²) < 4.78 is 5.08. The van der Waals surface area contributed by atoms with E-state index in [1.165, 1.54) is 18.2 Å². The fourth-order valence-electron chi connectivity index (χ4n) is 3.28. The number of non-ortho nitro benzene ring substituents is 1. The second kappa shape index (κ2) is 8.27. The van der Waals surface area contributed by atoms with Crippen molar-refractivity contribution in [3.63, 3.8) is 0 Å². The number of nitrogens with zero attached hydrogens (tertiary/aromatic N) is 1. The van der Waals surface area contributed by atoms with E-state index in [1.54, 1.807) is 43.3 Å². The van der Waals surface area contributed by atoms with Gasteiger partial charge in [-0.2, -0.15) is 0 Å². The highest BCUT2D eigenvalue weighted by molar-refractivity contribution is 6.31. The second-order valence-corrected chi connectivity index (χ2v) is 6.66. The van der Waals surface area contributed by atoms with Gasteiger partial charge in [-0.05, 0) is 36.1 Å². The first kappa shape index (κ1) is 19.6. The molecular weight excluding hydrogens is 382 g/mol. The molecule has 0 saturated heterocycles. The van der Waals surface area contributed by atoms with Crippen LogP contribution in [0.4, 0.5) is 5.69 Å². The number of hydrogen-bond donors (Lipinski definition) is 0. The van der Waals surface area contributed by atoms with Gasteiger partial charge in [-0.1, -0.05) is 53.8 Å². The predicted molar refractivity (Wildman–Crippen MR) is 104 cm³/mol. The normalized spacial score (nSPS) is 16.5. The van der Waals surface area contributed by atoms with Crippen molar-refractivity contribution in [2.24, 2.45) is 0 Å². The molecule has 2 aromatic rings. The predicted octanol–water partition coefficient (Wildman–Crippen LogP) is 4.00. The van der Waals surface area contributed by atoms with Crippen LogP contribution in [-0.4, -0.2) is 17.5 Å². The highest BCUT2D eigenvalue weighted by Crippen LogP contribution is 2.42. The van der Waals surface area contributed by atoms with E-state index in [-0.39, 0.29) is 17.9 Å². The number of esters is 1. The van der Waals surface area contributed by atoms with Gasteiger partial charge in [-0.15, -0.1) is 0 Å². The first-order valence-corrected chi connectivity index (χ1v) is 9.08. The molecule has 7 heteroatoms. The first-order chi connectivity index (χ1) is 13.4. The SMILES string of the molecule is CCOC(=O)C1=C([O-])C=C(c2cccc([N+](=O)[O-])c2)CC1c1ccccc1Cl. The molecule has 3 rings (SSSR count). The molecular formula is C21H17ClNO5-. The lowest BCUT2D eigenvalue weighted by atomic mass is 9.79. The Balaban J connectivity index is 2.12. The van der Waals surface area contributed by atoms with Crippen molar-refractivity contribution in [2.45, 2.75) is 19.3 Å². The summed E-state index contributed by atoms with van der Waals surface area (Å²) in [5, 5.41) is 24.3. The summed E-state index contributed by atoms with van der Waals surface area (Å²) in [6, 6.07) is 13.1. The smallest absolute Gasteiger partial charge is 0.334 e. The number of nitro groups is 1. The maximum Gasteiger partial charge on any atom is 0.334 e. The second-order valence-electron chi connectivity index (χ2n) is 6.25. The molecule has 1 atom stereocenters. The number of hydrogen-bond acceptors (Lipinski definition) is 5. The Labute approximate surface area is 166 Å². The van der Waals surface area contributed by atoms with E-state index in [0.717, 1.165) is 0 Å². The maximum atomic E-state index is 12.8. The van der Waals surface area contributed by atoms with Crippen molar-refractivity contribution in [1.82, 2.24) is 0 Å². The third kappa shape index (κ3) is 3.92. The quantitative estimate of drug-likeness (QED) is 0.431. The third-order valence-electron chi connectivity index (χ3n) is 4.55. The van der Waals surface area contributed by atoms with Gasteiger partial charge in [-0.3, -0.25) is 10.1 Å². The lowest BCUT2D eigenvalue weighted by Crippen LogP contribution is -2.24. The van der Waals surface area contributed by atoms with Gasteiger partial charge in [0.15, 0.2) is 0 Å². The Morgan fingerprint density at radius 2 is 2.00 bits per heavy atom. The van der Waals surface area contributed by atoms with Crippen LogP contribution in [0.25, 0.3) is 5.57 Å². The van der Waals surface area contributed by atoms with Gasteiger partial charge in [0.1, 0.15) is 0 Å². The fraction of sp³-hybridized carbons (Fsp3) is 0.190. The topological polar surface area (TPSA) is 92.5 Å². The van der Waals surface area contributed by atoms with Crippen LogP contribution in [0.1, 0.15) is 30.4 Å². The highest BCUT2D eigenvalue weighted by atomic mass is 35.5. The van der Waals surface area contributed by atoms with Crippen LogP contribution in [0.5, 0.6) is 0 Å². The van der Waals surface area contributed by atoms with Gasteiger partial charge in [0.05, 0.1) is 11.5 Å². The van der Waals surface area contributed by atoms with Crippen LogP contribution in [0, 0.1) is 10.1 Å². The van der Waals surface area contributed by atoms with Gasteiger partial charge < -0.3 is 9.84 Å². The van der Waals surface area contributed by atoms with Crippen molar-refractivity contribution >= 4 is 28.8 Å². The fourth-order valence-corrected chi connectivity index (χ4v) is 3.55. The summed E-state index contributed by atoms with van der Waals surface area (Å²) >= 11 is 6.33. The molecule has 0 N–H and O–H groups in total. The Kier molecular flexibility index (Phi) is 5.80. The van der Waals surface area contributed by atoms with Crippen molar-refractivity contribution in [1.29, 1.82) is 0 Å². The van der Waals surface area contributed by atoms with E-state index < -0.39 is 22.6 Å². The average Bonchev–Trinajstić information content (AvgIpc) is 2.68. The lowest BCUT2D eigenvalue weighted by Gasteiger charge is -2.31. The van der Waals surface area contributed by atoms with Crippen LogP contribution in [-0.2, 0) is 9.53 Å². The number of ether oxygens (including phenoxy) is 1. The van der Waals surface area contributed by atoms with Gasteiger partial charge in [0.2, 0.25) is 0 Å². The molecule has 0 aromatic heterocycles. The molecule has 0 spiro atoms. The summed E-state index contributed by atoms with van der Waals surface area (Å²) in [4.78, 5) is 23.0. The monoisotopic (exact) mass is 398 g/mol. The van der Waals surface area contributed by atoms with E-state index in [2.05, 4.69) is 0 Å². The summed E-state index contributed by atoms with van der Waals surface area (Å²) in [6.45, 7) is 1.81. The Morgan fingerprint density at radius 3 is 2.68 bits per heavy atom. The minimum atomic E-state index is -0.674. The molecule has 1 aliphatic carbocycles. The molecule has 1 unspecified atom stereocenters. The minimum absolute atomic E-state index is 0.0177. The van der Waals surface area contributed by atoms with Gasteiger partial charge in [-0.25, -0.2) is 4.79 Å². The first-order valence-electron chi connectivity index (χ1n) is 8.70. The molecule has 2 aromatic carbocycles. The van der Waals surface area contributed by atoms with Crippen LogP contribution < -0.4 is 5.11 Å². The van der Waals surface area contributed by atoms with Crippen molar-refractivity contribution in [3.05, 3.63) is 92.2 Å². The number of nitro benzene ring substituents is 1. The zero-order chi connectivity index (χ0) is 20.3. The highest BCUT2D eigenvalue weighted by Gasteiger charge is 2.30. The zero-order valence-electron chi connectivity index (χ0n) is 15.1. The lowest BCUT2D eigenvalue weighted by molar-refractivity contribution is -0.384. The summed E-state index contributed by atoms with van der Waals surface area (Å²) in [5.74, 6) is -1.75. The molecule has 0 radical (unpaired) electrons. The average molecular weight is 399 g/mol. The van der Waals surface area contributed by atoms with Crippen LogP contribution in [0.3, 0.4) is 0 Å². The number of carbonyl (C=O) groups excluding carboxylic acids is 1. The summed E-state index contributed by atoms with van der Waals surface area (Å²) in [7, 11) is 0. The number of rotatable bonds is 5. The molecule has 0 aliphatic heterocycles. The van der Waals surface area contributed by atoms with Crippen molar-refractivity contribution in [3.8, 4) is 0 Å². The maximum absolute atomic E-state index is 12.8. The Morgan fingerprint density at radius 1 is 1.25 bits per heavy atom. The van der Waals surface area contributed by atoms with Gasteiger partial charge in [0, 0.05) is 28.6 Å². The van der Waals surface area contributed by atoms with E-state index >= 15 is 0 Å². The molecule has 0 saturated carbocycles. The van der Waals surface area contributed by atoms with Crippen LogP contribution in [0.15, 0.2) is 65.9 Å². The molecule has 0 fully saturated rings. The van der Waals surface area contributed by atoms with Crippen LogP contribution in [0.2, 0.25) is 5.02 Å². The molecule has 28 heavy (non-hydrogen) atoms. The van der Waals surface area contributed by atoms with Gasteiger partial charge in [0.25, 0.3) is 5.69 Å². The minimum Gasteiger partial charge on any atom is -0.872 e. The molecule has 6 nitrogen and oxygen atoms in total. The molecule has 0 heterocycles. The Hall–Kier alpha value is -3.12. The molecule has 1 aliphatic rings. The van der Waals surface area contributed by atoms with E-state index in [0.29, 0.717) is 28.1 Å². The number of carbonyl (C=O) groups is 1. The van der Waals surface area contributed by atoms with E-state index in [1.807, 2.05) is 0 Å². The standard InChI is InChI=1S/C21H18ClNO5/c1-2-28-21(25)20-17(16-8-3-4-9-18(16)22)11-14(12-19(20)24)13-6-5-7-15(10-13)23(26)27/h3-10,12,17,24H,2,11H2,1H3/p-1. The van der Waals surface area contributed by atoms with E-state index in [9.17, 15) is 20.0 Å². The van der Waals surface area contributed by atoms with Crippen molar-refractivity contribution in [2.75, 3.05) is 6.61 Å². The summed E-state index contributed by atoms with van der Waals surface area (Å²) in [6.07, 6.45) is 1.64. The Bertz CT molecular complexity index is 996. The molecule has 0 amide bonds. The zero-order valence-corrected chi connectivity index (χ0v) is 15.8. The third-order valence-corrected chi connectivity index (χ3v) is 4.89. The number of halogens is 1. The van der Waals surface area contributed by atoms with Gasteiger partial charge >= 0.3 is 5.97 Å².